The van der Waals surface area contributed by atoms with Gasteiger partial charge in [-0.3, -0.25) is 9.69 Å². The molecule has 1 atom stereocenters. The van der Waals surface area contributed by atoms with E-state index in [1.54, 1.807) is 11.3 Å². The van der Waals surface area contributed by atoms with E-state index in [0.717, 1.165) is 25.9 Å². The Morgan fingerprint density at radius 3 is 2.68 bits per heavy atom. The fourth-order valence-electron chi connectivity index (χ4n) is 3.79. The van der Waals surface area contributed by atoms with E-state index in [4.69, 9.17) is 0 Å². The average Bonchev–Trinajstić information content (AvgIpc) is 3.10. The molecule has 1 aromatic carbocycles. The van der Waals surface area contributed by atoms with Crippen LogP contribution in [0.3, 0.4) is 0 Å². The first-order chi connectivity index (χ1) is 12.2. The number of likely N-dealkylation sites (tertiary alicyclic amines) is 1. The Balaban J connectivity index is 1.43. The number of hydrogen-bond acceptors (Lipinski definition) is 3. The lowest BCUT2D eigenvalue weighted by Gasteiger charge is -2.28. The van der Waals surface area contributed by atoms with E-state index < -0.39 is 0 Å². The molecule has 4 rings (SSSR count). The van der Waals surface area contributed by atoms with Gasteiger partial charge in [-0.05, 0) is 49.6 Å². The third kappa shape index (κ3) is 3.96. The molecule has 1 aliphatic heterocycles. The smallest absolute Gasteiger partial charge is 0.237 e. The second-order valence-corrected chi connectivity index (χ2v) is 8.36. The third-order valence-corrected chi connectivity index (χ3v) is 6.33. The summed E-state index contributed by atoms with van der Waals surface area (Å²) < 4.78 is 0. The summed E-state index contributed by atoms with van der Waals surface area (Å²) in [4.78, 5) is 18.9. The number of nitrogens with zero attached hydrogens (tertiary/aromatic N) is 2. The van der Waals surface area contributed by atoms with Crippen molar-refractivity contribution in [3.63, 3.8) is 0 Å². The first-order valence-electron chi connectivity index (χ1n) is 9.33. The molecule has 0 spiro atoms. The Labute approximate surface area is 154 Å². The van der Waals surface area contributed by atoms with Gasteiger partial charge < -0.3 is 4.90 Å². The lowest BCUT2D eigenvalue weighted by Crippen LogP contribution is -2.40. The van der Waals surface area contributed by atoms with Gasteiger partial charge >= 0.3 is 0 Å². The molecule has 2 aromatic rings. The minimum atomic E-state index is 0.299. The minimum Gasteiger partial charge on any atom is -0.334 e. The van der Waals surface area contributed by atoms with Gasteiger partial charge in [0.05, 0.1) is 12.6 Å². The van der Waals surface area contributed by atoms with E-state index in [2.05, 4.69) is 58.5 Å². The average molecular weight is 355 g/mol. The molecule has 1 saturated carbocycles. The van der Waals surface area contributed by atoms with Crippen LogP contribution in [0.25, 0.3) is 0 Å². The topological polar surface area (TPSA) is 23.6 Å². The maximum absolute atomic E-state index is 13.0. The van der Waals surface area contributed by atoms with Crippen LogP contribution in [-0.2, 0) is 11.3 Å². The maximum atomic E-state index is 13.0. The monoisotopic (exact) mass is 354 g/mol. The van der Waals surface area contributed by atoms with Gasteiger partial charge in [0.1, 0.15) is 0 Å². The Morgan fingerprint density at radius 1 is 1.20 bits per heavy atom. The molecule has 1 saturated heterocycles. The molecule has 1 aliphatic carbocycles. The van der Waals surface area contributed by atoms with E-state index in [1.807, 2.05) is 0 Å². The Bertz CT molecular complexity index is 706. The molecule has 2 aliphatic rings. The lowest BCUT2D eigenvalue weighted by molar-refractivity contribution is -0.133. The quantitative estimate of drug-likeness (QED) is 0.768. The van der Waals surface area contributed by atoms with Gasteiger partial charge in [0.25, 0.3) is 0 Å². The molecule has 0 bridgehead atoms. The number of carbonyl (C=O) groups is 1. The molecule has 4 heteroatoms. The van der Waals surface area contributed by atoms with Crippen molar-refractivity contribution in [2.75, 3.05) is 13.1 Å². The zero-order chi connectivity index (χ0) is 17.2. The molecule has 1 amide bonds. The van der Waals surface area contributed by atoms with Crippen molar-refractivity contribution in [1.82, 2.24) is 9.80 Å². The first-order valence-corrected chi connectivity index (χ1v) is 10.2. The van der Waals surface area contributed by atoms with Gasteiger partial charge in [0, 0.05) is 24.0 Å². The van der Waals surface area contributed by atoms with Gasteiger partial charge in [-0.25, -0.2) is 0 Å². The van der Waals surface area contributed by atoms with Crippen molar-refractivity contribution in [2.45, 2.75) is 51.2 Å². The fraction of sp³-hybridized carbons (Fsp3) is 0.476. The van der Waals surface area contributed by atoms with Crippen LogP contribution in [-0.4, -0.2) is 34.8 Å². The highest BCUT2D eigenvalue weighted by Gasteiger charge is 2.35. The molecule has 0 N–H and O–H groups in total. The molecular formula is C21H26N2OS. The molecule has 1 unspecified atom stereocenters. The molecule has 2 heterocycles. The van der Waals surface area contributed by atoms with E-state index in [-0.39, 0.29) is 0 Å². The summed E-state index contributed by atoms with van der Waals surface area (Å²) in [5.74, 6) is 0.301. The van der Waals surface area contributed by atoms with Crippen molar-refractivity contribution < 1.29 is 4.79 Å². The lowest BCUT2D eigenvalue weighted by atomic mass is 10.1. The number of aryl methyl sites for hydroxylation is 1. The van der Waals surface area contributed by atoms with Crippen molar-refractivity contribution >= 4 is 17.2 Å². The highest BCUT2D eigenvalue weighted by molar-refractivity contribution is 7.10. The fourth-order valence-corrected chi connectivity index (χ4v) is 4.66. The third-order valence-electron chi connectivity index (χ3n) is 5.35. The second-order valence-electron chi connectivity index (χ2n) is 7.38. The summed E-state index contributed by atoms with van der Waals surface area (Å²) >= 11 is 1.78. The Kier molecular flexibility index (Phi) is 4.91. The number of carbonyl (C=O) groups excluding carboxylic acids is 1. The highest BCUT2D eigenvalue weighted by atomic mass is 32.1. The van der Waals surface area contributed by atoms with Gasteiger partial charge in [-0.15, -0.1) is 11.3 Å². The van der Waals surface area contributed by atoms with Crippen LogP contribution < -0.4 is 0 Å². The van der Waals surface area contributed by atoms with E-state index >= 15 is 0 Å². The van der Waals surface area contributed by atoms with Crippen LogP contribution >= 0.6 is 11.3 Å². The zero-order valence-electron chi connectivity index (χ0n) is 14.9. The van der Waals surface area contributed by atoms with Crippen LogP contribution in [0, 0.1) is 6.92 Å². The van der Waals surface area contributed by atoms with Crippen molar-refractivity contribution in [1.29, 1.82) is 0 Å². The molecular weight excluding hydrogens is 328 g/mol. The van der Waals surface area contributed by atoms with E-state index in [9.17, 15) is 4.79 Å². The highest BCUT2D eigenvalue weighted by Crippen LogP contribution is 2.35. The van der Waals surface area contributed by atoms with Gasteiger partial charge in [-0.2, -0.15) is 0 Å². The molecule has 1 aromatic heterocycles. The van der Waals surface area contributed by atoms with Crippen molar-refractivity contribution in [3.8, 4) is 0 Å². The van der Waals surface area contributed by atoms with Crippen molar-refractivity contribution in [2.24, 2.45) is 0 Å². The zero-order valence-corrected chi connectivity index (χ0v) is 15.7. The van der Waals surface area contributed by atoms with Crippen molar-refractivity contribution in [3.05, 3.63) is 57.8 Å². The minimum absolute atomic E-state index is 0.299. The van der Waals surface area contributed by atoms with Crippen LogP contribution in [0.2, 0.25) is 0 Å². The SMILES string of the molecule is Cc1ccc(CN(CC(=O)N2CCCC2c2cccs2)C2CC2)cc1. The number of amides is 1. The predicted octanol–water partition coefficient (Wildman–Crippen LogP) is 4.38. The molecule has 3 nitrogen and oxygen atoms in total. The molecule has 132 valence electrons. The predicted molar refractivity (Wildman–Crippen MR) is 103 cm³/mol. The number of rotatable bonds is 6. The first kappa shape index (κ1) is 16.8. The maximum Gasteiger partial charge on any atom is 0.237 e. The van der Waals surface area contributed by atoms with E-state index in [0.29, 0.717) is 24.5 Å². The standard InChI is InChI=1S/C21H26N2OS/c1-16-6-8-17(9-7-16)14-22(18-10-11-18)15-21(24)23-12-2-4-19(23)20-5-3-13-25-20/h3,5-9,13,18-19H,2,4,10-12,14-15H2,1H3. The molecule has 2 fully saturated rings. The summed E-state index contributed by atoms with van der Waals surface area (Å²) in [6.45, 7) is 4.46. The summed E-state index contributed by atoms with van der Waals surface area (Å²) in [6, 6.07) is 13.9. The van der Waals surface area contributed by atoms with Crippen LogP contribution in [0.5, 0.6) is 0 Å². The Hall–Kier alpha value is -1.65. The van der Waals surface area contributed by atoms with Crippen LogP contribution in [0.4, 0.5) is 0 Å². The van der Waals surface area contributed by atoms with Gasteiger partial charge in [0.15, 0.2) is 0 Å². The summed E-state index contributed by atoms with van der Waals surface area (Å²) in [5.41, 5.74) is 2.59. The number of hydrogen-bond donors (Lipinski definition) is 0. The molecule has 0 radical (unpaired) electrons. The number of thiophene rings is 1. The van der Waals surface area contributed by atoms with Gasteiger partial charge in [-0.1, -0.05) is 35.9 Å². The van der Waals surface area contributed by atoms with E-state index in [1.165, 1.54) is 28.8 Å². The summed E-state index contributed by atoms with van der Waals surface area (Å²) in [5, 5.41) is 2.12. The molecule has 25 heavy (non-hydrogen) atoms. The summed E-state index contributed by atoms with van der Waals surface area (Å²) in [7, 11) is 0. The Morgan fingerprint density at radius 2 is 2.00 bits per heavy atom. The second kappa shape index (κ2) is 7.30. The van der Waals surface area contributed by atoms with Crippen LogP contribution in [0.1, 0.15) is 47.7 Å². The number of benzene rings is 1. The largest absolute Gasteiger partial charge is 0.334 e. The normalized spacial score (nSPS) is 20.4. The van der Waals surface area contributed by atoms with Gasteiger partial charge in [0.2, 0.25) is 5.91 Å². The summed E-state index contributed by atoms with van der Waals surface area (Å²) in [6.07, 6.45) is 4.68. The van der Waals surface area contributed by atoms with Crippen LogP contribution in [0.15, 0.2) is 41.8 Å².